The van der Waals surface area contributed by atoms with Crippen molar-refractivity contribution >= 4 is 12.0 Å². The number of pyridine rings is 1. The molecule has 1 aromatic heterocycles. The molecular weight excluding hydrogens is 242 g/mol. The van der Waals surface area contributed by atoms with E-state index in [0.717, 1.165) is 29.2 Å². The van der Waals surface area contributed by atoms with E-state index in [4.69, 9.17) is 4.74 Å². The highest BCUT2D eigenvalue weighted by Crippen LogP contribution is 2.17. The zero-order valence-electron chi connectivity index (χ0n) is 11.8. The molecule has 19 heavy (non-hydrogen) atoms. The summed E-state index contributed by atoms with van der Waals surface area (Å²) in [6.45, 7) is 8.70. The molecule has 0 aliphatic carbocycles. The minimum Gasteiger partial charge on any atom is -0.623 e. The van der Waals surface area contributed by atoms with Crippen LogP contribution in [-0.2, 0) is 4.74 Å². The van der Waals surface area contributed by atoms with E-state index in [1.165, 1.54) is 0 Å². The number of nitrogens with zero attached hydrogens (tertiary/aromatic N) is 3. The number of morpholine rings is 1. The molecule has 0 aromatic carbocycles. The number of hydrogen-bond donors (Lipinski definition) is 0. The molecule has 0 saturated carbocycles. The van der Waals surface area contributed by atoms with Gasteiger partial charge in [-0.1, -0.05) is 0 Å². The van der Waals surface area contributed by atoms with Gasteiger partial charge in [-0.2, -0.15) is 0 Å². The van der Waals surface area contributed by atoms with Crippen LogP contribution in [0.1, 0.15) is 26.3 Å². The van der Waals surface area contributed by atoms with Gasteiger partial charge in [-0.05, 0) is 12.1 Å². The lowest BCUT2D eigenvalue weighted by Crippen LogP contribution is -2.37. The number of hydroxylamine groups is 1. The third-order valence-corrected chi connectivity index (χ3v) is 3.04. The Balaban J connectivity index is 2.30. The van der Waals surface area contributed by atoms with E-state index >= 15 is 0 Å². The summed E-state index contributed by atoms with van der Waals surface area (Å²) < 4.78 is 6.32. The summed E-state index contributed by atoms with van der Waals surface area (Å²) in [5, 5.41) is 12.1. The second-order valence-electron chi connectivity index (χ2n) is 5.64. The van der Waals surface area contributed by atoms with E-state index in [0.29, 0.717) is 13.2 Å². The minimum absolute atomic E-state index is 0.446. The molecule has 5 nitrogen and oxygen atoms in total. The van der Waals surface area contributed by atoms with Crippen LogP contribution >= 0.6 is 0 Å². The van der Waals surface area contributed by atoms with Crippen molar-refractivity contribution in [3.63, 3.8) is 0 Å². The fourth-order valence-corrected chi connectivity index (χ4v) is 1.87. The minimum atomic E-state index is -0.446. The maximum absolute atomic E-state index is 12.1. The largest absolute Gasteiger partial charge is 0.623 e. The van der Waals surface area contributed by atoms with Crippen molar-refractivity contribution in [2.75, 3.05) is 31.2 Å². The molecule has 2 heterocycles. The first kappa shape index (κ1) is 13.8. The second-order valence-corrected chi connectivity index (χ2v) is 5.64. The van der Waals surface area contributed by atoms with E-state index in [2.05, 4.69) is 9.88 Å². The second kappa shape index (κ2) is 5.57. The molecule has 1 saturated heterocycles. The van der Waals surface area contributed by atoms with Gasteiger partial charge < -0.3 is 14.8 Å². The van der Waals surface area contributed by atoms with E-state index in [-0.39, 0.29) is 0 Å². The van der Waals surface area contributed by atoms with Crippen molar-refractivity contribution < 1.29 is 9.48 Å². The van der Waals surface area contributed by atoms with Gasteiger partial charge in [-0.3, -0.25) is 0 Å². The van der Waals surface area contributed by atoms with Crippen LogP contribution in [0.2, 0.25) is 0 Å². The van der Waals surface area contributed by atoms with E-state index in [1.807, 2.05) is 32.9 Å². The lowest BCUT2D eigenvalue weighted by atomic mass is 10.1. The van der Waals surface area contributed by atoms with Gasteiger partial charge in [-0.25, -0.2) is 9.72 Å². The first-order chi connectivity index (χ1) is 8.98. The van der Waals surface area contributed by atoms with Crippen molar-refractivity contribution in [2.24, 2.45) is 0 Å². The first-order valence-electron chi connectivity index (χ1n) is 6.57. The number of hydrogen-bond acceptors (Lipinski definition) is 4. The summed E-state index contributed by atoms with van der Waals surface area (Å²) in [6, 6.07) is 3.78. The molecule has 1 aliphatic rings. The standard InChI is InChI=1S/C14H21N3O2/c1-14(2,3)17(18)11-12-5-4-6-15-13(12)16-7-9-19-10-8-16/h4-6,11H,7-10H2,1-3H3/b17-11-. The third-order valence-electron chi connectivity index (χ3n) is 3.04. The summed E-state index contributed by atoms with van der Waals surface area (Å²) in [7, 11) is 0. The molecular formula is C14H21N3O2. The Morgan fingerprint density at radius 2 is 2.05 bits per heavy atom. The highest BCUT2D eigenvalue weighted by atomic mass is 16.5. The predicted octanol–water partition coefficient (Wildman–Crippen LogP) is 1.65. The van der Waals surface area contributed by atoms with Crippen LogP contribution < -0.4 is 4.90 Å². The van der Waals surface area contributed by atoms with Gasteiger partial charge >= 0.3 is 0 Å². The van der Waals surface area contributed by atoms with Gasteiger partial charge in [-0.15, -0.1) is 0 Å². The van der Waals surface area contributed by atoms with Crippen molar-refractivity contribution in [3.8, 4) is 0 Å². The molecule has 0 unspecified atom stereocenters. The number of ether oxygens (including phenoxy) is 1. The maximum atomic E-state index is 12.1. The van der Waals surface area contributed by atoms with Crippen molar-refractivity contribution in [3.05, 3.63) is 29.1 Å². The summed E-state index contributed by atoms with van der Waals surface area (Å²) in [4.78, 5) is 6.57. The lowest BCUT2D eigenvalue weighted by Gasteiger charge is -2.28. The average Bonchev–Trinajstić information content (AvgIpc) is 2.39. The van der Waals surface area contributed by atoms with Gasteiger partial charge in [0, 0.05) is 40.1 Å². The molecule has 0 atom stereocenters. The summed E-state index contributed by atoms with van der Waals surface area (Å²) >= 11 is 0. The van der Waals surface area contributed by atoms with Crippen LogP contribution in [0.25, 0.3) is 0 Å². The Kier molecular flexibility index (Phi) is 4.04. The third kappa shape index (κ3) is 3.44. The first-order valence-corrected chi connectivity index (χ1v) is 6.57. The molecule has 0 radical (unpaired) electrons. The normalized spacial score (nSPS) is 17.6. The number of anilines is 1. The van der Waals surface area contributed by atoms with E-state index in [1.54, 1.807) is 12.4 Å². The van der Waals surface area contributed by atoms with Crippen LogP contribution in [0.3, 0.4) is 0 Å². The van der Waals surface area contributed by atoms with Crippen molar-refractivity contribution in [1.29, 1.82) is 0 Å². The van der Waals surface area contributed by atoms with Crippen LogP contribution in [-0.4, -0.2) is 47.8 Å². The van der Waals surface area contributed by atoms with Crippen molar-refractivity contribution in [2.45, 2.75) is 26.3 Å². The SMILES string of the molecule is CC(C)(C)/[N+]([O-])=C/c1cccnc1N1CCOCC1. The molecule has 0 bridgehead atoms. The van der Waals surface area contributed by atoms with E-state index < -0.39 is 5.54 Å². The Morgan fingerprint density at radius 1 is 1.37 bits per heavy atom. The van der Waals surface area contributed by atoms with Gasteiger partial charge in [0.05, 0.1) is 18.8 Å². The molecule has 104 valence electrons. The van der Waals surface area contributed by atoms with Crippen LogP contribution in [0.4, 0.5) is 5.82 Å². The highest BCUT2D eigenvalue weighted by Gasteiger charge is 2.21. The molecule has 2 rings (SSSR count). The average molecular weight is 263 g/mol. The quantitative estimate of drug-likeness (QED) is 0.352. The Hall–Kier alpha value is -1.62. The molecule has 0 N–H and O–H groups in total. The zero-order valence-corrected chi connectivity index (χ0v) is 11.8. The molecule has 5 heteroatoms. The lowest BCUT2D eigenvalue weighted by molar-refractivity contribution is -0.530. The van der Waals surface area contributed by atoms with Gasteiger partial charge in [0.1, 0.15) is 5.82 Å². The van der Waals surface area contributed by atoms with E-state index in [9.17, 15) is 5.21 Å². The molecule has 0 spiro atoms. The fraction of sp³-hybridized carbons (Fsp3) is 0.571. The fourth-order valence-electron chi connectivity index (χ4n) is 1.87. The predicted molar refractivity (Wildman–Crippen MR) is 75.8 cm³/mol. The van der Waals surface area contributed by atoms with Gasteiger partial charge in [0.15, 0.2) is 11.8 Å². The van der Waals surface area contributed by atoms with Crippen LogP contribution in [0, 0.1) is 5.21 Å². The summed E-state index contributed by atoms with van der Waals surface area (Å²) in [5.74, 6) is 0.857. The summed E-state index contributed by atoms with van der Waals surface area (Å²) in [6.07, 6.45) is 3.38. The topological polar surface area (TPSA) is 51.4 Å². The molecule has 1 aliphatic heterocycles. The van der Waals surface area contributed by atoms with Crippen LogP contribution in [0.5, 0.6) is 0 Å². The highest BCUT2D eigenvalue weighted by molar-refractivity contribution is 5.83. The molecule has 1 fully saturated rings. The molecule has 0 amide bonds. The number of aromatic nitrogens is 1. The zero-order chi connectivity index (χ0) is 13.9. The van der Waals surface area contributed by atoms with Gasteiger partial charge in [0.2, 0.25) is 0 Å². The van der Waals surface area contributed by atoms with Crippen molar-refractivity contribution in [1.82, 2.24) is 4.98 Å². The van der Waals surface area contributed by atoms with Crippen LogP contribution in [0.15, 0.2) is 18.3 Å². The Labute approximate surface area is 114 Å². The molecule has 1 aromatic rings. The Morgan fingerprint density at radius 3 is 2.68 bits per heavy atom. The number of rotatable bonds is 2. The maximum Gasteiger partial charge on any atom is 0.186 e. The smallest absolute Gasteiger partial charge is 0.186 e. The van der Waals surface area contributed by atoms with Gasteiger partial charge in [0.25, 0.3) is 0 Å². The monoisotopic (exact) mass is 263 g/mol. The summed E-state index contributed by atoms with van der Waals surface area (Å²) in [5.41, 5.74) is 0.410. The Bertz CT molecular complexity index is 460.